The summed E-state index contributed by atoms with van der Waals surface area (Å²) >= 11 is 10.2. The van der Waals surface area contributed by atoms with Gasteiger partial charge < -0.3 is 9.84 Å². The number of aromatic nitrogens is 1. The van der Waals surface area contributed by atoms with Crippen molar-refractivity contribution in [3.05, 3.63) is 43.8 Å². The first-order valence-electron chi connectivity index (χ1n) is 4.82. The lowest BCUT2D eigenvalue weighted by Crippen LogP contribution is -1.99. The second-order valence-electron chi connectivity index (χ2n) is 3.31. The molecular formula is C11H7BrClNO3S. The third kappa shape index (κ3) is 3.22. The molecule has 0 unspecified atom stereocenters. The molecule has 0 spiro atoms. The maximum Gasteiger partial charge on any atom is 0.365 e. The van der Waals surface area contributed by atoms with Crippen molar-refractivity contribution in [2.75, 3.05) is 0 Å². The van der Waals surface area contributed by atoms with Crippen molar-refractivity contribution < 1.29 is 14.6 Å². The van der Waals surface area contributed by atoms with Gasteiger partial charge in [-0.15, -0.1) is 11.3 Å². The standard InChI is InChI=1S/C11H7BrClNO3S/c12-8-3-6(13)1-2-9(8)17-4-7-5-18-10(14-7)11(15)16/h1-3,5H,4H2,(H,15,16). The van der Waals surface area contributed by atoms with Crippen molar-refractivity contribution in [3.8, 4) is 5.75 Å². The van der Waals surface area contributed by atoms with Crippen molar-refractivity contribution in [3.63, 3.8) is 0 Å². The van der Waals surface area contributed by atoms with Crippen LogP contribution in [0.5, 0.6) is 5.75 Å². The zero-order chi connectivity index (χ0) is 13.1. The number of halogens is 2. The monoisotopic (exact) mass is 347 g/mol. The van der Waals surface area contributed by atoms with Crippen LogP contribution in [-0.4, -0.2) is 16.1 Å². The quantitative estimate of drug-likeness (QED) is 0.912. The first-order chi connectivity index (χ1) is 8.56. The van der Waals surface area contributed by atoms with E-state index in [1.165, 1.54) is 0 Å². The molecule has 1 aromatic carbocycles. The van der Waals surface area contributed by atoms with Crippen LogP contribution in [0, 0.1) is 0 Å². The Morgan fingerprint density at radius 3 is 2.94 bits per heavy atom. The van der Waals surface area contributed by atoms with E-state index in [4.69, 9.17) is 21.4 Å². The van der Waals surface area contributed by atoms with Crippen molar-refractivity contribution in [2.45, 2.75) is 6.61 Å². The zero-order valence-electron chi connectivity index (χ0n) is 8.89. The molecule has 0 radical (unpaired) electrons. The second kappa shape index (κ2) is 5.69. The first-order valence-corrected chi connectivity index (χ1v) is 6.87. The molecule has 0 fully saturated rings. The number of rotatable bonds is 4. The summed E-state index contributed by atoms with van der Waals surface area (Å²) in [6.45, 7) is 0.212. The summed E-state index contributed by atoms with van der Waals surface area (Å²) in [6, 6.07) is 5.17. The van der Waals surface area contributed by atoms with Gasteiger partial charge in [0.1, 0.15) is 12.4 Å². The summed E-state index contributed by atoms with van der Waals surface area (Å²) in [5, 5.41) is 11.1. The van der Waals surface area contributed by atoms with Crippen LogP contribution in [-0.2, 0) is 6.61 Å². The summed E-state index contributed by atoms with van der Waals surface area (Å²) in [5.74, 6) is -0.400. The van der Waals surface area contributed by atoms with Gasteiger partial charge in [0.15, 0.2) is 0 Å². The second-order valence-corrected chi connectivity index (χ2v) is 5.46. The van der Waals surface area contributed by atoms with Gasteiger partial charge in [-0.05, 0) is 34.1 Å². The summed E-state index contributed by atoms with van der Waals surface area (Å²) in [5.41, 5.74) is 0.583. The van der Waals surface area contributed by atoms with E-state index >= 15 is 0 Å². The van der Waals surface area contributed by atoms with E-state index in [1.807, 2.05) is 0 Å². The Kier molecular flexibility index (Phi) is 4.21. The van der Waals surface area contributed by atoms with E-state index in [1.54, 1.807) is 23.6 Å². The molecule has 94 valence electrons. The van der Waals surface area contributed by atoms with Crippen LogP contribution < -0.4 is 4.74 Å². The lowest BCUT2D eigenvalue weighted by atomic mass is 10.3. The molecule has 2 rings (SSSR count). The molecular weight excluding hydrogens is 342 g/mol. The number of thiazole rings is 1. The third-order valence-electron chi connectivity index (χ3n) is 2.00. The third-order valence-corrected chi connectivity index (χ3v) is 3.74. The number of benzene rings is 1. The van der Waals surface area contributed by atoms with Gasteiger partial charge >= 0.3 is 5.97 Å². The lowest BCUT2D eigenvalue weighted by Gasteiger charge is -2.06. The molecule has 4 nitrogen and oxygen atoms in total. The van der Waals surface area contributed by atoms with Gasteiger partial charge in [0, 0.05) is 10.4 Å². The van der Waals surface area contributed by atoms with Crippen LogP contribution in [0.3, 0.4) is 0 Å². The normalized spacial score (nSPS) is 10.3. The average Bonchev–Trinajstić information content (AvgIpc) is 2.76. The van der Waals surface area contributed by atoms with Crippen LogP contribution in [0.15, 0.2) is 28.1 Å². The van der Waals surface area contributed by atoms with E-state index in [2.05, 4.69) is 20.9 Å². The molecule has 0 saturated carbocycles. The highest BCUT2D eigenvalue weighted by Crippen LogP contribution is 2.28. The Balaban J connectivity index is 2.04. The largest absolute Gasteiger partial charge is 0.486 e. The minimum atomic E-state index is -1.03. The molecule has 0 bridgehead atoms. The van der Waals surface area contributed by atoms with E-state index in [-0.39, 0.29) is 11.6 Å². The van der Waals surface area contributed by atoms with Gasteiger partial charge in [-0.2, -0.15) is 0 Å². The molecule has 18 heavy (non-hydrogen) atoms. The number of carboxylic acid groups (broad SMARTS) is 1. The number of hydrogen-bond donors (Lipinski definition) is 1. The van der Waals surface area contributed by atoms with E-state index in [0.717, 1.165) is 15.8 Å². The number of carboxylic acids is 1. The van der Waals surface area contributed by atoms with E-state index < -0.39 is 5.97 Å². The summed E-state index contributed by atoms with van der Waals surface area (Å²) in [4.78, 5) is 14.6. The average molecular weight is 349 g/mol. The molecule has 1 aromatic heterocycles. The molecule has 1 N–H and O–H groups in total. The van der Waals surface area contributed by atoms with E-state index in [0.29, 0.717) is 16.5 Å². The van der Waals surface area contributed by atoms with Gasteiger partial charge in [0.2, 0.25) is 5.01 Å². The molecule has 0 aliphatic carbocycles. The highest BCUT2D eigenvalue weighted by molar-refractivity contribution is 9.10. The predicted molar refractivity (Wildman–Crippen MR) is 72.6 cm³/mol. The molecule has 0 aliphatic heterocycles. The highest BCUT2D eigenvalue weighted by Gasteiger charge is 2.10. The minimum Gasteiger partial charge on any atom is -0.486 e. The fourth-order valence-corrected chi connectivity index (χ4v) is 2.65. The molecule has 0 saturated heterocycles. The number of nitrogens with zero attached hydrogens (tertiary/aromatic N) is 1. The summed E-state index contributed by atoms with van der Waals surface area (Å²) in [7, 11) is 0. The van der Waals surface area contributed by atoms with Crippen molar-refractivity contribution in [2.24, 2.45) is 0 Å². The van der Waals surface area contributed by atoms with Crippen LogP contribution >= 0.6 is 38.9 Å². The van der Waals surface area contributed by atoms with Gasteiger partial charge in [0.05, 0.1) is 10.2 Å². The van der Waals surface area contributed by atoms with Crippen molar-refractivity contribution in [1.82, 2.24) is 4.98 Å². The van der Waals surface area contributed by atoms with Gasteiger partial charge in [-0.1, -0.05) is 11.6 Å². The minimum absolute atomic E-state index is 0.0590. The Morgan fingerprint density at radius 1 is 1.56 bits per heavy atom. The molecule has 0 atom stereocenters. The fraction of sp³-hybridized carbons (Fsp3) is 0.0909. The Morgan fingerprint density at radius 2 is 2.33 bits per heavy atom. The number of ether oxygens (including phenoxy) is 1. The fourth-order valence-electron chi connectivity index (χ4n) is 1.22. The Labute approximate surface area is 120 Å². The molecule has 2 aromatic rings. The van der Waals surface area contributed by atoms with Crippen LogP contribution in [0.1, 0.15) is 15.5 Å². The van der Waals surface area contributed by atoms with Gasteiger partial charge in [-0.3, -0.25) is 0 Å². The molecule has 1 heterocycles. The van der Waals surface area contributed by atoms with Crippen LogP contribution in [0.2, 0.25) is 5.02 Å². The summed E-state index contributed by atoms with van der Waals surface area (Å²) < 4.78 is 6.26. The first kappa shape index (κ1) is 13.3. The Hall–Kier alpha value is -1.11. The van der Waals surface area contributed by atoms with Crippen LogP contribution in [0.25, 0.3) is 0 Å². The smallest absolute Gasteiger partial charge is 0.365 e. The SMILES string of the molecule is O=C(O)c1nc(COc2ccc(Cl)cc2Br)cs1. The number of aromatic carboxylic acids is 1. The van der Waals surface area contributed by atoms with Crippen molar-refractivity contribution in [1.29, 1.82) is 0 Å². The number of carbonyl (C=O) groups is 1. The lowest BCUT2D eigenvalue weighted by molar-refractivity contribution is 0.0696. The maximum atomic E-state index is 10.7. The van der Waals surface area contributed by atoms with Crippen LogP contribution in [0.4, 0.5) is 0 Å². The number of hydrogen-bond acceptors (Lipinski definition) is 4. The molecule has 0 aliphatic rings. The topological polar surface area (TPSA) is 59.4 Å². The van der Waals surface area contributed by atoms with E-state index in [9.17, 15) is 4.79 Å². The maximum absolute atomic E-state index is 10.7. The van der Waals surface area contributed by atoms with Crippen molar-refractivity contribution >= 4 is 44.8 Å². The highest BCUT2D eigenvalue weighted by atomic mass is 79.9. The zero-order valence-corrected chi connectivity index (χ0v) is 12.1. The predicted octanol–water partition coefficient (Wildman–Crippen LogP) is 3.84. The molecule has 0 amide bonds. The summed E-state index contributed by atoms with van der Waals surface area (Å²) in [6.07, 6.45) is 0. The molecule has 7 heteroatoms. The van der Waals surface area contributed by atoms with Gasteiger partial charge in [0.25, 0.3) is 0 Å². The Bertz CT molecular complexity index is 587. The van der Waals surface area contributed by atoms with Gasteiger partial charge in [-0.25, -0.2) is 9.78 Å².